The fourth-order valence-corrected chi connectivity index (χ4v) is 4.06. The zero-order chi connectivity index (χ0) is 16.6. The van der Waals surface area contributed by atoms with E-state index in [-0.39, 0.29) is 5.60 Å². The number of hydrogen-bond donors (Lipinski definition) is 0. The molecule has 0 atom stereocenters. The van der Waals surface area contributed by atoms with E-state index in [1.54, 1.807) is 0 Å². The number of hydrogen-bond acceptors (Lipinski definition) is 4. The van der Waals surface area contributed by atoms with Crippen molar-refractivity contribution in [3.05, 3.63) is 46.2 Å². The summed E-state index contributed by atoms with van der Waals surface area (Å²) in [5.41, 5.74) is 2.49. The van der Waals surface area contributed by atoms with E-state index < -0.39 is 0 Å². The van der Waals surface area contributed by atoms with Gasteiger partial charge in [0.2, 0.25) is 5.95 Å². The quantitative estimate of drug-likeness (QED) is 0.774. The zero-order valence-corrected chi connectivity index (χ0v) is 15.6. The van der Waals surface area contributed by atoms with Crippen LogP contribution in [0.3, 0.4) is 0 Å². The molecule has 1 fully saturated rings. The third-order valence-corrected chi connectivity index (χ3v) is 5.75. The van der Waals surface area contributed by atoms with Crippen molar-refractivity contribution in [1.82, 2.24) is 9.97 Å². The van der Waals surface area contributed by atoms with Gasteiger partial charge in [-0.1, -0.05) is 22.9 Å². The first-order valence-electron chi connectivity index (χ1n) is 8.71. The molecular weight excluding hydrogens is 366 g/mol. The Balaban J connectivity index is 1.45. The first-order valence-corrected chi connectivity index (χ1v) is 9.50. The third-order valence-electron chi connectivity index (χ3n) is 5.26. The largest absolute Gasteiger partial charge is 0.487 e. The average molecular weight is 388 g/mol. The molecular formula is C19H22BrN3O. The second kappa shape index (κ2) is 6.36. The van der Waals surface area contributed by atoms with Gasteiger partial charge in [-0.3, -0.25) is 0 Å². The molecule has 2 aliphatic rings. The molecule has 4 nitrogen and oxygen atoms in total. The smallest absolute Gasteiger partial charge is 0.225 e. The minimum Gasteiger partial charge on any atom is -0.487 e. The summed E-state index contributed by atoms with van der Waals surface area (Å²) in [7, 11) is 0. The number of rotatable bonds is 2. The molecule has 3 heterocycles. The van der Waals surface area contributed by atoms with Gasteiger partial charge in [0.25, 0.3) is 0 Å². The molecule has 0 N–H and O–H groups in total. The Kier molecular flexibility index (Phi) is 4.21. The van der Waals surface area contributed by atoms with Crippen LogP contribution in [-0.4, -0.2) is 28.7 Å². The number of fused-ring (bicyclic) bond motifs is 1. The van der Waals surface area contributed by atoms with E-state index in [1.807, 2.05) is 12.4 Å². The van der Waals surface area contributed by atoms with Crippen LogP contribution in [0.5, 0.6) is 5.75 Å². The van der Waals surface area contributed by atoms with Crippen LogP contribution in [0.4, 0.5) is 5.95 Å². The third kappa shape index (κ3) is 3.02. The second-order valence-electron chi connectivity index (χ2n) is 6.77. The van der Waals surface area contributed by atoms with Gasteiger partial charge in [0.1, 0.15) is 11.4 Å². The van der Waals surface area contributed by atoms with Crippen molar-refractivity contribution in [2.75, 3.05) is 18.0 Å². The summed E-state index contributed by atoms with van der Waals surface area (Å²) in [4.78, 5) is 11.3. The van der Waals surface area contributed by atoms with Gasteiger partial charge in [-0.25, -0.2) is 9.97 Å². The molecule has 2 aliphatic heterocycles. The van der Waals surface area contributed by atoms with Crippen molar-refractivity contribution < 1.29 is 4.74 Å². The molecule has 1 aromatic carbocycles. The van der Waals surface area contributed by atoms with Crippen LogP contribution in [0.25, 0.3) is 0 Å². The Morgan fingerprint density at radius 1 is 1.17 bits per heavy atom. The zero-order valence-electron chi connectivity index (χ0n) is 14.0. The first kappa shape index (κ1) is 15.9. The van der Waals surface area contributed by atoms with Crippen molar-refractivity contribution in [1.29, 1.82) is 0 Å². The molecule has 5 heteroatoms. The van der Waals surface area contributed by atoms with E-state index >= 15 is 0 Å². The van der Waals surface area contributed by atoms with Gasteiger partial charge >= 0.3 is 0 Å². The van der Waals surface area contributed by atoms with Gasteiger partial charge in [0, 0.05) is 42.8 Å². The Bertz CT molecular complexity index is 724. The fraction of sp³-hybridized carbons (Fsp3) is 0.474. The van der Waals surface area contributed by atoms with Gasteiger partial charge in [-0.15, -0.1) is 0 Å². The van der Waals surface area contributed by atoms with Crippen molar-refractivity contribution in [3.63, 3.8) is 0 Å². The van der Waals surface area contributed by atoms with Crippen LogP contribution >= 0.6 is 15.9 Å². The molecule has 4 rings (SSSR count). The summed E-state index contributed by atoms with van der Waals surface area (Å²) in [6.07, 6.45) is 9.11. The highest BCUT2D eigenvalue weighted by atomic mass is 79.9. The highest BCUT2D eigenvalue weighted by Gasteiger charge is 2.39. The Labute approximate surface area is 151 Å². The lowest BCUT2D eigenvalue weighted by Gasteiger charge is -2.44. The summed E-state index contributed by atoms with van der Waals surface area (Å²) in [5, 5.41) is 0. The molecule has 0 amide bonds. The van der Waals surface area contributed by atoms with Gasteiger partial charge < -0.3 is 9.64 Å². The Hall–Kier alpha value is -1.62. The molecule has 0 bridgehead atoms. The van der Waals surface area contributed by atoms with Crippen molar-refractivity contribution in [3.8, 4) is 5.75 Å². The average Bonchev–Trinajstić information content (AvgIpc) is 2.63. The minimum atomic E-state index is -0.0132. The maximum absolute atomic E-state index is 6.45. The summed E-state index contributed by atoms with van der Waals surface area (Å²) in [5.74, 6) is 1.91. The van der Waals surface area contributed by atoms with Gasteiger partial charge in [-0.2, -0.15) is 0 Å². The number of nitrogens with zero attached hydrogens (tertiary/aromatic N) is 3. The van der Waals surface area contributed by atoms with E-state index in [4.69, 9.17) is 4.74 Å². The predicted molar refractivity (Wildman–Crippen MR) is 98.7 cm³/mol. The van der Waals surface area contributed by atoms with Crippen LogP contribution in [0, 0.1) is 0 Å². The first-order chi connectivity index (χ1) is 11.7. The van der Waals surface area contributed by atoms with Crippen LogP contribution in [0.1, 0.15) is 37.3 Å². The molecule has 0 unspecified atom stereocenters. The lowest BCUT2D eigenvalue weighted by molar-refractivity contribution is 0.0223. The standard InChI is InChI=1S/C19H22BrN3O/c1-2-14-12-21-18(22-13-14)23-9-7-19(8-10-23)6-5-15-11-16(20)3-4-17(15)24-19/h3-4,11-13H,2,5-10H2,1H3. The maximum atomic E-state index is 6.45. The minimum absolute atomic E-state index is 0.0132. The monoisotopic (exact) mass is 387 g/mol. The molecule has 24 heavy (non-hydrogen) atoms. The van der Waals surface area contributed by atoms with Crippen molar-refractivity contribution in [2.45, 2.75) is 44.6 Å². The second-order valence-corrected chi connectivity index (χ2v) is 7.68. The van der Waals surface area contributed by atoms with Crippen LogP contribution in [-0.2, 0) is 12.8 Å². The number of ether oxygens (including phenoxy) is 1. The molecule has 1 aromatic heterocycles. The van der Waals surface area contributed by atoms with Crippen LogP contribution in [0.2, 0.25) is 0 Å². The predicted octanol–water partition coefficient (Wildman–Crippen LogP) is 4.17. The lowest BCUT2D eigenvalue weighted by atomic mass is 9.83. The van der Waals surface area contributed by atoms with Crippen LogP contribution < -0.4 is 9.64 Å². The molecule has 2 aromatic rings. The van der Waals surface area contributed by atoms with E-state index in [0.717, 1.165) is 61.4 Å². The van der Waals surface area contributed by atoms with Gasteiger partial charge in [-0.05, 0) is 48.6 Å². The number of aryl methyl sites for hydroxylation is 2. The molecule has 126 valence electrons. The number of halogens is 1. The maximum Gasteiger partial charge on any atom is 0.225 e. The Morgan fingerprint density at radius 2 is 1.92 bits per heavy atom. The summed E-state index contributed by atoms with van der Waals surface area (Å²) < 4.78 is 7.58. The van der Waals surface area contributed by atoms with Gasteiger partial charge in [0.05, 0.1) is 0 Å². The van der Waals surface area contributed by atoms with Crippen molar-refractivity contribution in [2.24, 2.45) is 0 Å². The number of anilines is 1. The number of benzene rings is 1. The summed E-state index contributed by atoms with van der Waals surface area (Å²) in [6.45, 7) is 4.04. The molecule has 0 saturated carbocycles. The number of piperidine rings is 1. The van der Waals surface area contributed by atoms with E-state index in [2.05, 4.69) is 55.9 Å². The summed E-state index contributed by atoms with van der Waals surface area (Å²) >= 11 is 3.55. The van der Waals surface area contributed by atoms with Crippen LogP contribution in [0.15, 0.2) is 35.1 Å². The highest BCUT2D eigenvalue weighted by molar-refractivity contribution is 9.10. The Morgan fingerprint density at radius 3 is 2.62 bits per heavy atom. The van der Waals surface area contributed by atoms with E-state index in [0.29, 0.717) is 0 Å². The molecule has 0 radical (unpaired) electrons. The molecule has 0 aliphatic carbocycles. The molecule has 1 saturated heterocycles. The van der Waals surface area contributed by atoms with E-state index in [1.165, 1.54) is 11.1 Å². The lowest BCUT2D eigenvalue weighted by Crippen LogP contribution is -2.50. The van der Waals surface area contributed by atoms with Gasteiger partial charge in [0.15, 0.2) is 0 Å². The highest BCUT2D eigenvalue weighted by Crippen LogP contribution is 2.40. The SMILES string of the molecule is CCc1cnc(N2CCC3(CCc4cc(Br)ccc4O3)CC2)nc1. The molecule has 1 spiro atoms. The number of aromatic nitrogens is 2. The van der Waals surface area contributed by atoms with E-state index in [9.17, 15) is 0 Å². The summed E-state index contributed by atoms with van der Waals surface area (Å²) in [6, 6.07) is 6.34. The topological polar surface area (TPSA) is 38.2 Å². The normalized spacial score (nSPS) is 19.0. The fourth-order valence-electron chi connectivity index (χ4n) is 3.65. The van der Waals surface area contributed by atoms with Crippen molar-refractivity contribution >= 4 is 21.9 Å².